The summed E-state index contributed by atoms with van der Waals surface area (Å²) in [7, 11) is 0. The maximum absolute atomic E-state index is 11.9. The van der Waals surface area contributed by atoms with Gasteiger partial charge in [0.2, 0.25) is 5.89 Å². The first-order valence-corrected chi connectivity index (χ1v) is 8.81. The minimum atomic E-state index is -0.474. The zero-order valence-electron chi connectivity index (χ0n) is 13.4. The van der Waals surface area contributed by atoms with Gasteiger partial charge in [-0.1, -0.05) is 6.42 Å². The van der Waals surface area contributed by atoms with Crippen LogP contribution in [0.25, 0.3) is 0 Å². The topological polar surface area (TPSA) is 80.5 Å². The van der Waals surface area contributed by atoms with Gasteiger partial charge in [0, 0.05) is 6.54 Å². The summed E-state index contributed by atoms with van der Waals surface area (Å²) >= 11 is 0. The summed E-state index contributed by atoms with van der Waals surface area (Å²) in [6.45, 7) is 3.33. The molecule has 4 fully saturated rings. The lowest BCUT2D eigenvalue weighted by molar-refractivity contribution is 0.0727. The average Bonchev–Trinajstić information content (AvgIpc) is 3.05. The third kappa shape index (κ3) is 3.34. The summed E-state index contributed by atoms with van der Waals surface area (Å²) < 4.78 is 10.8. The molecule has 1 N–H and O–H groups in total. The van der Waals surface area contributed by atoms with Crippen molar-refractivity contribution in [3.05, 3.63) is 5.89 Å². The van der Waals surface area contributed by atoms with Crippen LogP contribution in [0.4, 0.5) is 10.7 Å². The fourth-order valence-electron chi connectivity index (χ4n) is 4.14. The van der Waals surface area contributed by atoms with Crippen LogP contribution < -0.4 is 5.32 Å². The van der Waals surface area contributed by atoms with Crippen molar-refractivity contribution in [1.82, 2.24) is 15.0 Å². The third-order valence-electron chi connectivity index (χ3n) is 5.45. The molecule has 5 rings (SSSR count). The van der Waals surface area contributed by atoms with Crippen LogP contribution in [0.2, 0.25) is 0 Å². The summed E-state index contributed by atoms with van der Waals surface area (Å²) in [4.78, 5) is 18.7. The van der Waals surface area contributed by atoms with Gasteiger partial charge in [-0.25, -0.2) is 4.79 Å². The Hall–Kier alpha value is -1.63. The zero-order valence-corrected chi connectivity index (χ0v) is 13.4. The van der Waals surface area contributed by atoms with Crippen LogP contribution in [0.3, 0.4) is 0 Å². The van der Waals surface area contributed by atoms with Crippen molar-refractivity contribution in [2.45, 2.75) is 57.0 Å². The largest absolute Gasteiger partial charge is 0.446 e. The van der Waals surface area contributed by atoms with Gasteiger partial charge in [-0.05, 0) is 62.7 Å². The first kappa shape index (κ1) is 14.9. The molecule has 1 aromatic rings. The molecule has 4 aliphatic rings. The fourth-order valence-corrected chi connectivity index (χ4v) is 4.14. The number of hydrogen-bond acceptors (Lipinski definition) is 6. The smallest absolute Gasteiger partial charge is 0.414 e. The second-order valence-corrected chi connectivity index (χ2v) is 6.99. The highest BCUT2D eigenvalue weighted by Gasteiger charge is 2.38. The van der Waals surface area contributed by atoms with Crippen LogP contribution in [0.15, 0.2) is 4.52 Å². The van der Waals surface area contributed by atoms with Crippen molar-refractivity contribution in [3.63, 3.8) is 0 Å². The highest BCUT2D eigenvalue weighted by molar-refractivity contribution is 5.82. The monoisotopic (exact) mass is 320 g/mol. The molecule has 23 heavy (non-hydrogen) atoms. The Morgan fingerprint density at radius 2 is 1.96 bits per heavy atom. The van der Waals surface area contributed by atoms with E-state index >= 15 is 0 Å². The number of carbonyl (C=O) groups is 1. The lowest BCUT2D eigenvalue weighted by Gasteiger charge is -2.43. The van der Waals surface area contributed by atoms with Crippen molar-refractivity contribution in [1.29, 1.82) is 0 Å². The lowest BCUT2D eigenvalue weighted by atomic mass is 9.79. The molecule has 2 bridgehead atoms. The standard InChI is InChI=1S/C16H24N4O3/c21-16(22-12-4-2-1-3-5-12)18-15-17-14(23-19-15)13-10-20-8-6-11(13)7-9-20/h11-13H,1-10H2,(H,18,19,21). The Bertz CT molecular complexity index is 547. The molecule has 3 saturated heterocycles. The van der Waals surface area contributed by atoms with Crippen LogP contribution in [0.5, 0.6) is 0 Å². The molecule has 126 valence electrons. The molecule has 1 atom stereocenters. The summed E-state index contributed by atoms with van der Waals surface area (Å²) in [5, 5.41) is 6.49. The number of ether oxygens (including phenoxy) is 1. The normalized spacial score (nSPS) is 31.0. The van der Waals surface area contributed by atoms with E-state index in [1.165, 1.54) is 32.4 Å². The number of nitrogens with zero attached hydrogens (tertiary/aromatic N) is 3. The second-order valence-electron chi connectivity index (χ2n) is 6.99. The number of carbonyl (C=O) groups excluding carboxylic acids is 1. The Labute approximate surface area is 135 Å². The zero-order chi connectivity index (χ0) is 15.6. The van der Waals surface area contributed by atoms with Gasteiger partial charge in [-0.3, -0.25) is 5.32 Å². The molecule has 0 radical (unpaired) electrons. The van der Waals surface area contributed by atoms with Gasteiger partial charge < -0.3 is 14.2 Å². The summed E-state index contributed by atoms with van der Waals surface area (Å²) in [6, 6.07) is 0. The van der Waals surface area contributed by atoms with Gasteiger partial charge in [0.15, 0.2) is 0 Å². The van der Waals surface area contributed by atoms with Crippen molar-refractivity contribution in [2.75, 3.05) is 25.0 Å². The van der Waals surface area contributed by atoms with E-state index in [-0.39, 0.29) is 12.1 Å². The van der Waals surface area contributed by atoms with Gasteiger partial charge in [-0.2, -0.15) is 4.98 Å². The Kier molecular flexibility index (Phi) is 4.20. The van der Waals surface area contributed by atoms with Crippen molar-refractivity contribution in [2.24, 2.45) is 5.92 Å². The fraction of sp³-hybridized carbons (Fsp3) is 0.812. The van der Waals surface area contributed by atoms with Gasteiger partial charge in [0.05, 0.1) is 5.92 Å². The van der Waals surface area contributed by atoms with E-state index in [1.54, 1.807) is 0 Å². The van der Waals surface area contributed by atoms with Gasteiger partial charge in [0.25, 0.3) is 5.95 Å². The number of rotatable bonds is 3. The number of aromatic nitrogens is 2. The first-order chi connectivity index (χ1) is 11.3. The third-order valence-corrected chi connectivity index (χ3v) is 5.45. The van der Waals surface area contributed by atoms with E-state index in [0.717, 1.165) is 32.2 Å². The summed E-state index contributed by atoms with van der Waals surface area (Å²) in [6.07, 6.45) is 7.33. The maximum Gasteiger partial charge on any atom is 0.414 e. The number of hydrogen-bond donors (Lipinski definition) is 1. The Balaban J connectivity index is 1.33. The SMILES string of the molecule is O=C(Nc1noc(C2CN3CCC2CC3)n1)OC1CCCCC1. The molecular weight excluding hydrogens is 296 g/mol. The molecule has 1 aliphatic carbocycles. The maximum atomic E-state index is 11.9. The summed E-state index contributed by atoms with van der Waals surface area (Å²) in [5.74, 6) is 1.79. The highest BCUT2D eigenvalue weighted by Crippen LogP contribution is 2.38. The minimum Gasteiger partial charge on any atom is -0.446 e. The van der Waals surface area contributed by atoms with E-state index in [4.69, 9.17) is 9.26 Å². The minimum absolute atomic E-state index is 0.0250. The predicted molar refractivity (Wildman–Crippen MR) is 83.2 cm³/mol. The molecule has 1 unspecified atom stereocenters. The Morgan fingerprint density at radius 3 is 2.65 bits per heavy atom. The Morgan fingerprint density at radius 1 is 1.17 bits per heavy atom. The molecular formula is C16H24N4O3. The molecule has 4 heterocycles. The first-order valence-electron chi connectivity index (χ1n) is 8.81. The molecule has 3 aliphatic heterocycles. The van der Waals surface area contributed by atoms with Crippen LogP contribution in [0, 0.1) is 5.92 Å². The van der Waals surface area contributed by atoms with Gasteiger partial charge >= 0.3 is 6.09 Å². The van der Waals surface area contributed by atoms with Crippen molar-refractivity contribution in [3.8, 4) is 0 Å². The molecule has 0 spiro atoms. The number of piperidine rings is 3. The van der Waals surface area contributed by atoms with Gasteiger partial charge in [0.1, 0.15) is 6.10 Å². The lowest BCUT2D eigenvalue weighted by Crippen LogP contribution is -2.46. The molecule has 1 saturated carbocycles. The number of anilines is 1. The number of fused-ring (bicyclic) bond motifs is 3. The molecule has 7 nitrogen and oxygen atoms in total. The highest BCUT2D eigenvalue weighted by atomic mass is 16.6. The van der Waals surface area contributed by atoms with E-state index < -0.39 is 6.09 Å². The van der Waals surface area contributed by atoms with E-state index in [1.807, 2.05) is 0 Å². The molecule has 0 aromatic carbocycles. The van der Waals surface area contributed by atoms with E-state index in [9.17, 15) is 4.79 Å². The second kappa shape index (κ2) is 6.47. The van der Waals surface area contributed by atoms with Crippen LogP contribution in [-0.4, -0.2) is 46.9 Å². The van der Waals surface area contributed by atoms with Gasteiger partial charge in [-0.15, -0.1) is 0 Å². The molecule has 7 heteroatoms. The molecule has 1 aromatic heterocycles. The van der Waals surface area contributed by atoms with Crippen LogP contribution in [-0.2, 0) is 4.74 Å². The summed E-state index contributed by atoms with van der Waals surface area (Å²) in [5.41, 5.74) is 0. The van der Waals surface area contributed by atoms with Crippen molar-refractivity contribution < 1.29 is 14.1 Å². The van der Waals surface area contributed by atoms with E-state index in [2.05, 4.69) is 20.4 Å². The predicted octanol–water partition coefficient (Wildman–Crippen LogP) is 2.76. The molecule has 1 amide bonds. The van der Waals surface area contributed by atoms with Crippen LogP contribution in [0.1, 0.15) is 56.8 Å². The van der Waals surface area contributed by atoms with Crippen molar-refractivity contribution >= 4 is 12.0 Å². The quantitative estimate of drug-likeness (QED) is 0.922. The number of amides is 1. The van der Waals surface area contributed by atoms with E-state index in [0.29, 0.717) is 17.7 Å². The average molecular weight is 320 g/mol. The number of nitrogens with one attached hydrogen (secondary N) is 1. The van der Waals surface area contributed by atoms with Crippen LogP contribution >= 0.6 is 0 Å².